The van der Waals surface area contributed by atoms with Crippen LogP contribution in [0.4, 0.5) is 0 Å². The van der Waals surface area contributed by atoms with E-state index in [0.717, 1.165) is 50.9 Å². The highest BCUT2D eigenvalue weighted by Gasteiger charge is 2.35. The van der Waals surface area contributed by atoms with Crippen LogP contribution < -0.4 is 15.4 Å². The van der Waals surface area contributed by atoms with E-state index in [2.05, 4.69) is 58.6 Å². The van der Waals surface area contributed by atoms with E-state index in [1.165, 1.54) is 24.2 Å². The highest BCUT2D eigenvalue weighted by atomic mass is 32.2. The van der Waals surface area contributed by atoms with E-state index < -0.39 is 0 Å². The first kappa shape index (κ1) is 20.3. The van der Waals surface area contributed by atoms with Gasteiger partial charge in [0.15, 0.2) is 5.96 Å². The Balaban J connectivity index is 1.64. The molecule has 27 heavy (non-hydrogen) atoms. The number of rotatable bonds is 6. The third kappa shape index (κ3) is 5.11. The predicted octanol–water partition coefficient (Wildman–Crippen LogP) is 3.19. The minimum atomic E-state index is 0.0636. The Bertz CT molecular complexity index is 621. The summed E-state index contributed by atoms with van der Waals surface area (Å²) in [6.45, 7) is 5.76. The lowest BCUT2D eigenvalue weighted by molar-refractivity contribution is 0.0513. The van der Waals surface area contributed by atoms with Crippen molar-refractivity contribution in [2.75, 3.05) is 46.2 Å². The molecule has 6 heteroatoms. The number of methoxy groups -OCH3 is 1. The second-order valence-electron chi connectivity index (χ2n) is 7.80. The lowest BCUT2D eigenvalue weighted by Gasteiger charge is -2.38. The number of hydrogen-bond donors (Lipinski definition) is 2. The molecule has 2 fully saturated rings. The molecule has 2 saturated heterocycles. The quantitative estimate of drug-likeness (QED) is 0.576. The van der Waals surface area contributed by atoms with E-state index in [-0.39, 0.29) is 5.41 Å². The molecular weight excluding hydrogens is 358 g/mol. The lowest BCUT2D eigenvalue weighted by atomic mass is 9.74. The molecule has 2 heterocycles. The van der Waals surface area contributed by atoms with E-state index in [9.17, 15) is 0 Å². The fourth-order valence-corrected chi connectivity index (χ4v) is 5.24. The summed E-state index contributed by atoms with van der Waals surface area (Å²) in [5.74, 6) is 3.06. The van der Waals surface area contributed by atoms with Gasteiger partial charge in [0.1, 0.15) is 5.75 Å². The summed E-state index contributed by atoms with van der Waals surface area (Å²) >= 11 is 2.07. The van der Waals surface area contributed by atoms with Gasteiger partial charge in [-0.2, -0.15) is 11.8 Å². The number of hydrogen-bond acceptors (Lipinski definition) is 4. The summed E-state index contributed by atoms with van der Waals surface area (Å²) in [5, 5.41) is 7.14. The molecule has 1 aromatic rings. The summed E-state index contributed by atoms with van der Waals surface area (Å²) in [4.78, 5) is 4.45. The van der Waals surface area contributed by atoms with Gasteiger partial charge in [0.05, 0.1) is 7.11 Å². The smallest absolute Gasteiger partial charge is 0.191 e. The van der Waals surface area contributed by atoms with E-state index >= 15 is 0 Å². The van der Waals surface area contributed by atoms with E-state index in [4.69, 9.17) is 9.47 Å². The number of ether oxygens (including phenoxy) is 2. The van der Waals surface area contributed by atoms with Crippen LogP contribution >= 0.6 is 11.8 Å². The van der Waals surface area contributed by atoms with E-state index in [1.54, 1.807) is 7.11 Å². The average molecular weight is 392 g/mol. The van der Waals surface area contributed by atoms with Crippen LogP contribution in [0.3, 0.4) is 0 Å². The predicted molar refractivity (Wildman–Crippen MR) is 114 cm³/mol. The number of guanidine groups is 1. The van der Waals surface area contributed by atoms with Gasteiger partial charge < -0.3 is 20.1 Å². The molecule has 2 aliphatic rings. The SMILES string of the molecule is CN=C(NCC1(C)CCCS1)NCC1(c2ccc(OC)cc2)CCOCC1. The summed E-state index contributed by atoms with van der Waals surface area (Å²) in [6, 6.07) is 8.49. The summed E-state index contributed by atoms with van der Waals surface area (Å²) < 4.78 is 11.3. The van der Waals surface area contributed by atoms with Crippen molar-refractivity contribution in [2.45, 2.75) is 42.8 Å². The van der Waals surface area contributed by atoms with Crippen molar-refractivity contribution in [3.63, 3.8) is 0 Å². The average Bonchev–Trinajstić information content (AvgIpc) is 3.15. The summed E-state index contributed by atoms with van der Waals surface area (Å²) in [5.41, 5.74) is 1.40. The van der Waals surface area contributed by atoms with Gasteiger partial charge in [-0.1, -0.05) is 12.1 Å². The molecule has 1 unspecified atom stereocenters. The van der Waals surface area contributed by atoms with Crippen molar-refractivity contribution >= 4 is 17.7 Å². The number of thioether (sulfide) groups is 1. The van der Waals surface area contributed by atoms with Gasteiger partial charge >= 0.3 is 0 Å². The highest BCUT2D eigenvalue weighted by molar-refractivity contribution is 8.00. The first-order valence-electron chi connectivity index (χ1n) is 9.90. The van der Waals surface area contributed by atoms with Crippen molar-refractivity contribution in [1.29, 1.82) is 0 Å². The van der Waals surface area contributed by atoms with Crippen molar-refractivity contribution in [2.24, 2.45) is 4.99 Å². The van der Waals surface area contributed by atoms with Gasteiger partial charge in [-0.25, -0.2) is 0 Å². The van der Waals surface area contributed by atoms with Gasteiger partial charge in [-0.3, -0.25) is 4.99 Å². The van der Waals surface area contributed by atoms with Crippen LogP contribution in [0.5, 0.6) is 5.75 Å². The lowest BCUT2D eigenvalue weighted by Crippen LogP contribution is -2.50. The molecule has 0 amide bonds. The van der Waals surface area contributed by atoms with Crippen LogP contribution in [0.25, 0.3) is 0 Å². The monoisotopic (exact) mass is 391 g/mol. The first-order valence-corrected chi connectivity index (χ1v) is 10.9. The largest absolute Gasteiger partial charge is 0.497 e. The third-order valence-electron chi connectivity index (χ3n) is 5.90. The van der Waals surface area contributed by atoms with Crippen LogP contribution in [-0.2, 0) is 10.2 Å². The topological polar surface area (TPSA) is 54.9 Å². The van der Waals surface area contributed by atoms with Crippen LogP contribution in [0, 0.1) is 0 Å². The molecule has 1 aromatic carbocycles. The third-order valence-corrected chi connectivity index (χ3v) is 7.44. The second kappa shape index (κ2) is 9.20. The Labute approximate surface area is 167 Å². The summed E-state index contributed by atoms with van der Waals surface area (Å²) in [6.07, 6.45) is 4.61. The van der Waals surface area contributed by atoms with Crippen LogP contribution in [0.15, 0.2) is 29.3 Å². The van der Waals surface area contributed by atoms with Gasteiger partial charge in [-0.05, 0) is 56.1 Å². The van der Waals surface area contributed by atoms with Crippen molar-refractivity contribution < 1.29 is 9.47 Å². The molecule has 2 aliphatic heterocycles. The molecule has 1 atom stereocenters. The molecule has 0 aromatic heterocycles. The number of aliphatic imine (C=N–C) groups is 1. The molecule has 0 spiro atoms. The molecule has 0 radical (unpaired) electrons. The van der Waals surface area contributed by atoms with Crippen molar-refractivity contribution in [3.8, 4) is 5.75 Å². The standard InChI is InChI=1S/C21H33N3O2S/c1-20(9-4-14-27-20)15-23-19(22-2)24-16-21(10-12-26-13-11-21)17-5-7-18(25-3)8-6-17/h5-8H,4,9-16H2,1-3H3,(H2,22,23,24). The Morgan fingerprint density at radius 2 is 1.85 bits per heavy atom. The molecule has 0 aliphatic carbocycles. The van der Waals surface area contributed by atoms with Gasteiger partial charge in [0.2, 0.25) is 0 Å². The van der Waals surface area contributed by atoms with Gasteiger partial charge in [0.25, 0.3) is 0 Å². The highest BCUT2D eigenvalue weighted by Crippen LogP contribution is 2.37. The zero-order valence-corrected chi connectivity index (χ0v) is 17.7. The van der Waals surface area contributed by atoms with E-state index in [1.807, 2.05) is 7.05 Å². The van der Waals surface area contributed by atoms with Gasteiger partial charge in [-0.15, -0.1) is 0 Å². The van der Waals surface area contributed by atoms with Crippen LogP contribution in [0.2, 0.25) is 0 Å². The fourth-order valence-electron chi connectivity index (χ4n) is 3.99. The van der Waals surface area contributed by atoms with Crippen molar-refractivity contribution in [3.05, 3.63) is 29.8 Å². The molecule has 0 bridgehead atoms. The minimum absolute atomic E-state index is 0.0636. The Hall–Kier alpha value is -1.40. The molecule has 3 rings (SSSR count). The second-order valence-corrected chi connectivity index (χ2v) is 9.48. The normalized spacial score (nSPS) is 25.2. The first-order chi connectivity index (χ1) is 13.1. The molecule has 0 saturated carbocycles. The number of nitrogens with zero attached hydrogens (tertiary/aromatic N) is 1. The Morgan fingerprint density at radius 1 is 1.15 bits per heavy atom. The fraction of sp³-hybridized carbons (Fsp3) is 0.667. The maximum Gasteiger partial charge on any atom is 0.191 e. The molecule has 150 valence electrons. The van der Waals surface area contributed by atoms with Crippen LogP contribution in [-0.4, -0.2) is 56.9 Å². The Kier molecular flexibility index (Phi) is 6.93. The maximum atomic E-state index is 5.65. The Morgan fingerprint density at radius 3 is 2.44 bits per heavy atom. The van der Waals surface area contributed by atoms with Crippen molar-refractivity contribution in [1.82, 2.24) is 10.6 Å². The maximum absolute atomic E-state index is 5.65. The van der Waals surface area contributed by atoms with E-state index in [0.29, 0.717) is 4.75 Å². The van der Waals surface area contributed by atoms with Crippen LogP contribution in [0.1, 0.15) is 38.2 Å². The number of nitrogens with one attached hydrogen (secondary N) is 2. The summed E-state index contributed by atoms with van der Waals surface area (Å²) in [7, 11) is 3.56. The van der Waals surface area contributed by atoms with Gasteiger partial charge in [0, 0.05) is 43.5 Å². The molecular formula is C21H33N3O2S. The molecule has 2 N–H and O–H groups in total. The minimum Gasteiger partial charge on any atom is -0.497 e. The number of benzene rings is 1. The molecule has 5 nitrogen and oxygen atoms in total. The zero-order valence-electron chi connectivity index (χ0n) is 16.8. The zero-order chi connectivity index (χ0) is 19.2.